The van der Waals surface area contributed by atoms with Crippen molar-refractivity contribution in [1.29, 1.82) is 0 Å². The largest absolute Gasteiger partial charge is 1.00 e. The zero-order valence-corrected chi connectivity index (χ0v) is 8.79. The van der Waals surface area contributed by atoms with Gasteiger partial charge in [0.15, 0.2) is 0 Å². The fraction of sp³-hybridized carbons (Fsp3) is 1.00. The van der Waals surface area contributed by atoms with Crippen LogP contribution in [-0.4, -0.2) is 13.3 Å². The predicted octanol–water partition coefficient (Wildman–Crippen LogP) is -1.81. The maximum absolute atomic E-state index is 4.75. The Labute approximate surface area is 71.5 Å². The van der Waals surface area contributed by atoms with Crippen molar-refractivity contribution in [2.45, 2.75) is 0 Å². The van der Waals surface area contributed by atoms with Gasteiger partial charge >= 0.3 is 29.6 Å². The summed E-state index contributed by atoms with van der Waals surface area (Å²) < 4.78 is 0. The average molecular weight is 148 g/mol. The van der Waals surface area contributed by atoms with Gasteiger partial charge in [-0.05, 0) is 0 Å². The molecule has 0 atom stereocenters. The third kappa shape index (κ3) is 37.5. The van der Waals surface area contributed by atoms with Crippen LogP contribution in [0.3, 0.4) is 0 Å². The first-order chi connectivity index (χ1) is 2.00. The number of hydrogen-bond donors (Lipinski definition) is 0. The Morgan fingerprint density at radius 2 is 1.50 bits per heavy atom. The van der Waals surface area contributed by atoms with E-state index in [0.717, 1.165) is 0 Å². The molecule has 0 unspecified atom stereocenters. The Balaban J connectivity index is 0. The topological polar surface area (TPSA) is 0 Å². The molecule has 0 aromatic rings. The predicted molar refractivity (Wildman–Crippen MR) is 33.5 cm³/mol. The quantitative estimate of drug-likeness (QED) is 0.226. The maximum Gasteiger partial charge on any atom is 1.00 e. The zero-order valence-electron chi connectivity index (χ0n) is 4.26. The molecule has 32 valence electrons. The van der Waals surface area contributed by atoms with Crippen LogP contribution in [0.4, 0.5) is 0 Å². The van der Waals surface area contributed by atoms with Crippen molar-refractivity contribution >= 4 is 29.3 Å². The summed E-state index contributed by atoms with van der Waals surface area (Å²) in [6.45, 7) is 3.86. The second-order valence-corrected chi connectivity index (χ2v) is 9.93. The zero-order chi connectivity index (χ0) is 4.50. The van der Waals surface area contributed by atoms with E-state index in [1.807, 2.05) is 13.3 Å². The summed E-state index contributed by atoms with van der Waals surface area (Å²) in [6, 6.07) is 0. The molecule has 0 aromatic heterocycles. The van der Waals surface area contributed by atoms with Crippen molar-refractivity contribution in [3.8, 4) is 0 Å². The van der Waals surface area contributed by atoms with Crippen molar-refractivity contribution in [3.05, 3.63) is 0 Å². The van der Waals surface area contributed by atoms with Crippen molar-refractivity contribution in [1.82, 2.24) is 0 Å². The molecule has 0 fully saturated rings. The molecule has 0 radical (unpaired) electrons. The van der Waals surface area contributed by atoms with Gasteiger partial charge in [-0.15, -0.1) is 11.8 Å². The fourth-order valence-electron chi connectivity index (χ4n) is 0. The second kappa shape index (κ2) is 3.94. The van der Waals surface area contributed by atoms with Crippen molar-refractivity contribution in [2.75, 3.05) is 13.3 Å². The normalized spacial score (nSPS) is 9.83. The van der Waals surface area contributed by atoms with Crippen LogP contribution in [0.25, 0.3) is 0 Å². The Bertz CT molecular complexity index is 57.7. The fourth-order valence-corrected chi connectivity index (χ4v) is 0. The van der Waals surface area contributed by atoms with Crippen LogP contribution in [-0.2, 0) is 24.1 Å². The summed E-state index contributed by atoms with van der Waals surface area (Å²) in [7, 11) is 0. The van der Waals surface area contributed by atoms with Gasteiger partial charge in [-0.1, -0.05) is 13.3 Å². The van der Waals surface area contributed by atoms with E-state index in [1.54, 1.807) is 0 Å². The van der Waals surface area contributed by atoms with Crippen molar-refractivity contribution in [3.63, 3.8) is 0 Å². The molecule has 0 saturated heterocycles. The third-order valence-corrected chi connectivity index (χ3v) is 0. The number of rotatable bonds is 0. The molecule has 0 saturated carbocycles. The average Bonchev–Trinajstić information content (AvgIpc) is 0.722. The Hall–Kier alpha value is 2.00. The summed E-state index contributed by atoms with van der Waals surface area (Å²) in [4.78, 5) is 0. The van der Waals surface area contributed by atoms with E-state index in [4.69, 9.17) is 24.1 Å². The molecule has 0 heterocycles. The molecule has 0 N–H and O–H groups in total. The number of hydrogen-bond acceptors (Lipinski definition) is 2. The monoisotopic (exact) mass is 148 g/mol. The smallest absolute Gasteiger partial charge is 0.747 e. The summed E-state index contributed by atoms with van der Waals surface area (Å²) in [5, 5.41) is -1.22. The van der Waals surface area contributed by atoms with Gasteiger partial charge in [-0.25, -0.2) is 0 Å². The van der Waals surface area contributed by atoms with Gasteiger partial charge in [0.25, 0.3) is 0 Å². The van der Waals surface area contributed by atoms with Crippen molar-refractivity contribution < 1.29 is 29.6 Å². The first-order valence-corrected chi connectivity index (χ1v) is 5.97. The van der Waals surface area contributed by atoms with Gasteiger partial charge in [0, 0.05) is 0 Å². The summed E-state index contributed by atoms with van der Waals surface area (Å²) in [5.74, 6) is 0. The minimum Gasteiger partial charge on any atom is -0.747 e. The Morgan fingerprint density at radius 1 is 1.50 bits per heavy atom. The van der Waals surface area contributed by atoms with E-state index in [1.165, 1.54) is 0 Å². The van der Waals surface area contributed by atoms with E-state index < -0.39 is 5.24 Å². The molecular weight excluding hydrogens is 142 g/mol. The molecule has 0 rings (SSSR count). The Morgan fingerprint density at radius 3 is 1.50 bits per heavy atom. The second-order valence-electron chi connectivity index (χ2n) is 1.25. The van der Waals surface area contributed by atoms with Crippen LogP contribution in [0.2, 0.25) is 0 Å². The summed E-state index contributed by atoms with van der Waals surface area (Å²) in [6.07, 6.45) is 0. The van der Waals surface area contributed by atoms with Crippen LogP contribution < -0.4 is 29.6 Å². The molecule has 6 heavy (non-hydrogen) atoms. The van der Waals surface area contributed by atoms with Gasteiger partial charge in [0.05, 0.1) is 0 Å². The van der Waals surface area contributed by atoms with Gasteiger partial charge in [-0.3, -0.25) is 0 Å². The SMILES string of the molecule is CP(C)(=S)[S-].[Na+]. The van der Waals surface area contributed by atoms with Crippen molar-refractivity contribution in [2.24, 2.45) is 0 Å². The molecule has 4 heteroatoms. The van der Waals surface area contributed by atoms with E-state index in [-0.39, 0.29) is 29.6 Å². The Kier molecular flexibility index (Phi) is 7.15. The van der Waals surface area contributed by atoms with Crippen LogP contribution in [0, 0.1) is 0 Å². The van der Waals surface area contributed by atoms with Crippen LogP contribution in [0.15, 0.2) is 0 Å². The molecule has 0 nitrogen and oxygen atoms in total. The molecule has 0 aliphatic carbocycles. The summed E-state index contributed by atoms with van der Waals surface area (Å²) in [5.41, 5.74) is 0. The van der Waals surface area contributed by atoms with E-state index >= 15 is 0 Å². The molecule has 0 aliphatic heterocycles. The van der Waals surface area contributed by atoms with Crippen LogP contribution in [0.1, 0.15) is 0 Å². The molecular formula is C2H6NaPS2. The molecule has 0 bridgehead atoms. The standard InChI is InChI=1S/C2H7PS2.Na/c1-3(2,4)5;/h1-2H3,(H,4,5);/q;+1/p-1. The molecule has 0 spiro atoms. The van der Waals surface area contributed by atoms with Gasteiger partial charge in [-0.2, -0.15) is 5.24 Å². The molecule has 0 aliphatic rings. The summed E-state index contributed by atoms with van der Waals surface area (Å²) >= 11 is 9.50. The van der Waals surface area contributed by atoms with Gasteiger partial charge in [0.1, 0.15) is 0 Å². The van der Waals surface area contributed by atoms with E-state index in [2.05, 4.69) is 0 Å². The molecule has 0 aromatic carbocycles. The first-order valence-electron chi connectivity index (χ1n) is 1.26. The van der Waals surface area contributed by atoms with Gasteiger partial charge in [0.2, 0.25) is 0 Å². The maximum atomic E-state index is 4.75. The minimum absolute atomic E-state index is 0. The van der Waals surface area contributed by atoms with E-state index in [0.29, 0.717) is 0 Å². The van der Waals surface area contributed by atoms with E-state index in [9.17, 15) is 0 Å². The van der Waals surface area contributed by atoms with Crippen LogP contribution in [0.5, 0.6) is 0 Å². The minimum atomic E-state index is -1.22. The first kappa shape index (κ1) is 10.9. The van der Waals surface area contributed by atoms with Gasteiger partial charge < -0.3 is 12.2 Å². The third-order valence-electron chi connectivity index (χ3n) is 0. The van der Waals surface area contributed by atoms with Crippen LogP contribution >= 0.6 is 5.24 Å². The molecule has 0 amide bonds.